The first-order valence-electron chi connectivity index (χ1n) is 10.0. The lowest BCUT2D eigenvalue weighted by Gasteiger charge is -2.57. The Morgan fingerprint density at radius 1 is 1.16 bits per heavy atom. The molecule has 1 amide bonds. The van der Waals surface area contributed by atoms with Gasteiger partial charge in [0.1, 0.15) is 5.75 Å². The van der Waals surface area contributed by atoms with Crippen molar-refractivity contribution in [2.75, 3.05) is 0 Å². The lowest BCUT2D eigenvalue weighted by atomic mass is 9.53. The van der Waals surface area contributed by atoms with Crippen molar-refractivity contribution in [1.82, 2.24) is 5.32 Å². The van der Waals surface area contributed by atoms with Crippen LogP contribution in [-0.2, 0) is 4.79 Å². The average molecular weight is 341 g/mol. The molecule has 4 bridgehead atoms. The Labute approximate surface area is 151 Å². The number of rotatable bonds is 5. The van der Waals surface area contributed by atoms with Gasteiger partial charge in [0.2, 0.25) is 0 Å². The van der Waals surface area contributed by atoms with E-state index in [1.165, 1.54) is 38.5 Å². The normalized spacial score (nSPS) is 34.0. The van der Waals surface area contributed by atoms with Crippen LogP contribution >= 0.6 is 0 Å². The largest absolute Gasteiger partial charge is 0.480 e. The fourth-order valence-corrected chi connectivity index (χ4v) is 5.92. The van der Waals surface area contributed by atoms with E-state index in [0.29, 0.717) is 6.42 Å². The maximum atomic E-state index is 13.0. The smallest absolute Gasteiger partial charge is 0.261 e. The van der Waals surface area contributed by atoms with Crippen molar-refractivity contribution in [1.29, 1.82) is 0 Å². The highest BCUT2D eigenvalue weighted by Crippen LogP contribution is 2.55. The first-order chi connectivity index (χ1) is 12.0. The van der Waals surface area contributed by atoms with Crippen LogP contribution in [0.25, 0.3) is 0 Å². The molecule has 136 valence electrons. The molecule has 1 atom stereocenters. The van der Waals surface area contributed by atoms with Crippen LogP contribution in [0.2, 0.25) is 0 Å². The SMILES string of the molecule is CC[C@H](Oc1cc(C)ccc1C)C(=O)NC12CC3CC(CC(C3)C1)C2. The second kappa shape index (κ2) is 6.34. The molecule has 1 aromatic carbocycles. The van der Waals surface area contributed by atoms with E-state index in [4.69, 9.17) is 4.74 Å². The Morgan fingerprint density at radius 3 is 2.32 bits per heavy atom. The van der Waals surface area contributed by atoms with Gasteiger partial charge < -0.3 is 10.1 Å². The van der Waals surface area contributed by atoms with Gasteiger partial charge >= 0.3 is 0 Å². The summed E-state index contributed by atoms with van der Waals surface area (Å²) in [6.45, 7) is 6.14. The number of hydrogen-bond acceptors (Lipinski definition) is 2. The van der Waals surface area contributed by atoms with Gasteiger partial charge in [0.05, 0.1) is 0 Å². The second-order valence-electron chi connectivity index (χ2n) is 8.97. The van der Waals surface area contributed by atoms with Crippen LogP contribution in [0.15, 0.2) is 18.2 Å². The molecule has 0 heterocycles. The van der Waals surface area contributed by atoms with Crippen LogP contribution < -0.4 is 10.1 Å². The van der Waals surface area contributed by atoms with E-state index in [1.54, 1.807) is 0 Å². The zero-order chi connectivity index (χ0) is 17.6. The molecule has 0 spiro atoms. The number of aryl methyl sites for hydroxylation is 2. The molecular formula is C22H31NO2. The number of carbonyl (C=O) groups excluding carboxylic acids is 1. The van der Waals surface area contributed by atoms with Crippen LogP contribution in [0, 0.1) is 31.6 Å². The Bertz CT molecular complexity index is 631. The van der Waals surface area contributed by atoms with Crippen LogP contribution in [0.1, 0.15) is 63.0 Å². The monoisotopic (exact) mass is 341 g/mol. The maximum absolute atomic E-state index is 13.0. The summed E-state index contributed by atoms with van der Waals surface area (Å²) in [6, 6.07) is 6.18. The fourth-order valence-electron chi connectivity index (χ4n) is 5.92. The maximum Gasteiger partial charge on any atom is 0.261 e. The van der Waals surface area contributed by atoms with Crippen molar-refractivity contribution in [3.8, 4) is 5.75 Å². The molecule has 4 aliphatic carbocycles. The van der Waals surface area contributed by atoms with Crippen molar-refractivity contribution in [3.05, 3.63) is 29.3 Å². The Kier molecular flexibility index (Phi) is 4.29. The second-order valence-corrected chi connectivity index (χ2v) is 8.97. The van der Waals surface area contributed by atoms with Gasteiger partial charge in [0, 0.05) is 5.54 Å². The molecule has 3 nitrogen and oxygen atoms in total. The quantitative estimate of drug-likeness (QED) is 0.853. The molecule has 4 fully saturated rings. The van der Waals surface area contributed by atoms with Gasteiger partial charge in [-0.2, -0.15) is 0 Å². The lowest BCUT2D eigenvalue weighted by Crippen LogP contribution is -2.61. The zero-order valence-corrected chi connectivity index (χ0v) is 15.8. The summed E-state index contributed by atoms with van der Waals surface area (Å²) in [5, 5.41) is 3.47. The predicted molar refractivity (Wildman–Crippen MR) is 99.7 cm³/mol. The Hall–Kier alpha value is -1.51. The third-order valence-electron chi connectivity index (χ3n) is 6.70. The highest BCUT2D eigenvalue weighted by atomic mass is 16.5. The molecule has 0 saturated heterocycles. The van der Waals surface area contributed by atoms with Gasteiger partial charge in [-0.1, -0.05) is 19.1 Å². The molecule has 1 aromatic rings. The van der Waals surface area contributed by atoms with E-state index in [1.807, 2.05) is 19.9 Å². The Balaban J connectivity index is 1.46. The molecule has 5 rings (SSSR count). The molecule has 0 unspecified atom stereocenters. The molecule has 25 heavy (non-hydrogen) atoms. The van der Waals surface area contributed by atoms with E-state index >= 15 is 0 Å². The molecular weight excluding hydrogens is 310 g/mol. The molecule has 0 radical (unpaired) electrons. The Morgan fingerprint density at radius 2 is 1.76 bits per heavy atom. The van der Waals surface area contributed by atoms with Gasteiger partial charge in [0.15, 0.2) is 6.10 Å². The minimum absolute atomic E-state index is 0.0598. The van der Waals surface area contributed by atoms with Crippen molar-refractivity contribution in [2.24, 2.45) is 17.8 Å². The van der Waals surface area contributed by atoms with Crippen LogP contribution in [0.3, 0.4) is 0 Å². The van der Waals surface area contributed by atoms with Crippen LogP contribution in [0.4, 0.5) is 0 Å². The van der Waals surface area contributed by atoms with E-state index in [-0.39, 0.29) is 11.4 Å². The molecule has 0 aliphatic heterocycles. The molecule has 4 aliphatic rings. The summed E-state index contributed by atoms with van der Waals surface area (Å²) in [7, 11) is 0. The van der Waals surface area contributed by atoms with Gasteiger partial charge in [-0.25, -0.2) is 0 Å². The topological polar surface area (TPSA) is 38.3 Å². The summed E-state index contributed by atoms with van der Waals surface area (Å²) in [5.41, 5.74) is 2.31. The molecule has 0 aromatic heterocycles. The van der Waals surface area contributed by atoms with Gasteiger partial charge in [-0.05, 0) is 93.7 Å². The van der Waals surface area contributed by atoms with Gasteiger partial charge in [-0.15, -0.1) is 0 Å². The number of nitrogens with one attached hydrogen (secondary N) is 1. The van der Waals surface area contributed by atoms with Crippen molar-refractivity contribution < 1.29 is 9.53 Å². The van der Waals surface area contributed by atoms with E-state index < -0.39 is 6.10 Å². The first-order valence-corrected chi connectivity index (χ1v) is 10.0. The summed E-state index contributed by atoms with van der Waals surface area (Å²) in [6.07, 6.45) is 8.04. The summed E-state index contributed by atoms with van der Waals surface area (Å²) in [5.74, 6) is 3.45. The predicted octanol–water partition coefficient (Wildman–Crippen LogP) is 4.55. The standard InChI is InChI=1S/C22H31NO2/c1-4-19(25-20-7-14(2)5-6-15(20)3)21(24)23-22-11-16-8-17(12-22)10-18(9-16)13-22/h5-7,16-19H,4,8-13H2,1-3H3,(H,23,24)/t16?,17?,18?,19-,22?/m0/s1. The van der Waals surface area contributed by atoms with Crippen LogP contribution in [0.5, 0.6) is 5.75 Å². The molecule has 1 N–H and O–H groups in total. The fraction of sp³-hybridized carbons (Fsp3) is 0.682. The third kappa shape index (κ3) is 3.30. The van der Waals surface area contributed by atoms with E-state index in [2.05, 4.69) is 24.4 Å². The number of hydrogen-bond donors (Lipinski definition) is 1. The minimum atomic E-state index is -0.395. The van der Waals surface area contributed by atoms with Crippen molar-refractivity contribution in [2.45, 2.75) is 77.4 Å². The van der Waals surface area contributed by atoms with E-state index in [0.717, 1.165) is 34.6 Å². The molecule has 4 saturated carbocycles. The number of amides is 1. The lowest BCUT2D eigenvalue weighted by molar-refractivity contribution is -0.134. The highest BCUT2D eigenvalue weighted by Gasteiger charge is 2.51. The number of carbonyl (C=O) groups is 1. The number of ether oxygens (including phenoxy) is 1. The summed E-state index contributed by atoms with van der Waals surface area (Å²) in [4.78, 5) is 13.0. The van der Waals surface area contributed by atoms with E-state index in [9.17, 15) is 4.79 Å². The van der Waals surface area contributed by atoms with Crippen molar-refractivity contribution >= 4 is 5.91 Å². The van der Waals surface area contributed by atoms with Crippen LogP contribution in [-0.4, -0.2) is 17.6 Å². The first kappa shape index (κ1) is 16.9. The average Bonchev–Trinajstić information content (AvgIpc) is 2.53. The number of benzene rings is 1. The van der Waals surface area contributed by atoms with Gasteiger partial charge in [0.25, 0.3) is 5.91 Å². The molecule has 3 heteroatoms. The summed E-state index contributed by atoms with van der Waals surface area (Å²) < 4.78 is 6.14. The van der Waals surface area contributed by atoms with Gasteiger partial charge in [-0.3, -0.25) is 4.79 Å². The highest BCUT2D eigenvalue weighted by molar-refractivity contribution is 5.82. The van der Waals surface area contributed by atoms with Crippen molar-refractivity contribution in [3.63, 3.8) is 0 Å². The summed E-state index contributed by atoms with van der Waals surface area (Å²) >= 11 is 0. The minimum Gasteiger partial charge on any atom is -0.480 e. The third-order valence-corrected chi connectivity index (χ3v) is 6.70. The zero-order valence-electron chi connectivity index (χ0n) is 15.8.